The van der Waals surface area contributed by atoms with Gasteiger partial charge in [-0.3, -0.25) is 9.59 Å². The smallest absolute Gasteiger partial charge is 0.267 e. The molecule has 0 N–H and O–H groups in total. The number of anilines is 4. The number of hydrogen-bond acceptors (Lipinski definition) is 12. The zero-order valence-electron chi connectivity index (χ0n) is 37.7. The first kappa shape index (κ1) is 45.4. The average molecular weight is 940 g/mol. The van der Waals surface area contributed by atoms with E-state index in [-0.39, 0.29) is 37.4 Å². The van der Waals surface area contributed by atoms with Gasteiger partial charge < -0.3 is 38.5 Å². The van der Waals surface area contributed by atoms with Crippen molar-refractivity contribution in [1.29, 1.82) is 0 Å². The number of fused-ring (bicyclic) bond motifs is 6. The van der Waals surface area contributed by atoms with Crippen LogP contribution in [0.25, 0.3) is 0 Å². The Kier molecular flexibility index (Phi) is 14.4. The molecule has 6 aliphatic heterocycles. The molecular weight excluding hydrogens is 873 g/mol. The van der Waals surface area contributed by atoms with E-state index >= 15 is 0 Å². The van der Waals surface area contributed by atoms with Crippen molar-refractivity contribution in [3.63, 3.8) is 0 Å². The van der Waals surface area contributed by atoms with Crippen LogP contribution in [0.15, 0.2) is 45.0 Å². The molecule has 61 heavy (non-hydrogen) atoms. The largest absolute Gasteiger partial charge is 0.483 e. The second kappa shape index (κ2) is 19.4. The van der Waals surface area contributed by atoms with Crippen LogP contribution in [-0.4, -0.2) is 128 Å². The van der Waals surface area contributed by atoms with Crippen LogP contribution in [0.4, 0.5) is 22.7 Å². The molecule has 6 heterocycles. The number of piperidine rings is 2. The van der Waals surface area contributed by atoms with E-state index in [0.717, 1.165) is 83.0 Å². The number of hydrogen-bond donors (Lipinski definition) is 0. The molecule has 334 valence electrons. The third kappa shape index (κ3) is 10.9. The van der Waals surface area contributed by atoms with Crippen molar-refractivity contribution in [3.05, 3.63) is 34.8 Å². The first-order valence-corrected chi connectivity index (χ1v) is 30.5. The molecule has 2 fully saturated rings. The Morgan fingerprint density at radius 2 is 1.11 bits per heavy atom. The van der Waals surface area contributed by atoms with E-state index in [0.29, 0.717) is 26.4 Å². The Bertz CT molecular complexity index is 1960. The molecule has 17 heteroatoms. The van der Waals surface area contributed by atoms with Crippen molar-refractivity contribution in [2.45, 2.75) is 116 Å². The quantitative estimate of drug-likeness (QED) is 0.152. The van der Waals surface area contributed by atoms with Gasteiger partial charge in [-0.25, -0.2) is 10.0 Å². The first-order valence-electron chi connectivity index (χ1n) is 22.3. The summed E-state index contributed by atoms with van der Waals surface area (Å²) >= 11 is 3.73. The van der Waals surface area contributed by atoms with Gasteiger partial charge in [-0.05, 0) is 111 Å². The van der Waals surface area contributed by atoms with Crippen molar-refractivity contribution in [2.75, 3.05) is 85.7 Å². The van der Waals surface area contributed by atoms with E-state index in [4.69, 9.17) is 18.9 Å². The SMILES string of the molecule is CC1C(=O)N(COCC[Si](C)(C)C)N=C2COc3cc(Br)c(N4CCCCC4)cc3N21.CC1C(=O)N(COCC[Si](C)(C)C)N=C2COc3ccc(N4CCCCC4)cc3N21. The molecule has 8 rings (SSSR count). The van der Waals surface area contributed by atoms with Crippen LogP contribution in [-0.2, 0) is 19.1 Å². The lowest BCUT2D eigenvalue weighted by atomic mass is 10.1. The number of nitrogens with zero attached hydrogens (tertiary/aromatic N) is 8. The molecule has 2 atom stereocenters. The second-order valence-electron chi connectivity index (χ2n) is 19.4. The van der Waals surface area contributed by atoms with E-state index in [1.54, 1.807) is 0 Å². The molecule has 0 bridgehead atoms. The summed E-state index contributed by atoms with van der Waals surface area (Å²) in [6.45, 7) is 24.5. The second-order valence-corrected chi connectivity index (χ2v) is 31.5. The standard InChI is InChI=1S/C22H33BrN4O3Si.C22H34N4O3Si/c1-16-22(28)26(15-29-10-11-31(2,3)4)24-21-14-30-20-12-17(23)18(13-19(20)27(16)21)25-8-6-5-7-9-25;1-17-22(27)25(16-28-12-13-30(2,3)4)23-21-15-29-20-9-8-18(14-19(20)26(17)21)24-10-6-5-7-11-24/h12-13,16H,5-11,14-15H2,1-4H3;8-9,14,17H,5-7,10-13,15-16H2,1-4H3. The topological polar surface area (TPSA) is 115 Å². The molecule has 0 spiro atoms. The molecule has 2 saturated heterocycles. The summed E-state index contributed by atoms with van der Waals surface area (Å²) in [5.41, 5.74) is 4.19. The van der Waals surface area contributed by atoms with Gasteiger partial charge in [-0.1, -0.05) is 39.3 Å². The fourth-order valence-electron chi connectivity index (χ4n) is 8.37. The van der Waals surface area contributed by atoms with Crippen LogP contribution in [0.2, 0.25) is 51.4 Å². The lowest BCUT2D eigenvalue weighted by Gasteiger charge is -2.41. The van der Waals surface area contributed by atoms with Gasteiger partial charge in [0.2, 0.25) is 0 Å². The zero-order valence-corrected chi connectivity index (χ0v) is 41.3. The van der Waals surface area contributed by atoms with Crippen molar-refractivity contribution in [3.8, 4) is 11.5 Å². The van der Waals surface area contributed by atoms with Crippen molar-refractivity contribution in [2.24, 2.45) is 10.2 Å². The van der Waals surface area contributed by atoms with E-state index in [1.807, 2.05) is 35.8 Å². The predicted molar refractivity (Wildman–Crippen MR) is 254 cm³/mol. The summed E-state index contributed by atoms with van der Waals surface area (Å²) in [7, 11) is -2.33. The molecule has 6 aliphatic rings. The maximum atomic E-state index is 13.1. The highest BCUT2D eigenvalue weighted by Crippen LogP contribution is 2.43. The van der Waals surface area contributed by atoms with E-state index in [2.05, 4.69) is 93.4 Å². The molecule has 2 unspecified atom stereocenters. The van der Waals surface area contributed by atoms with Gasteiger partial charge in [-0.2, -0.15) is 10.2 Å². The van der Waals surface area contributed by atoms with Gasteiger partial charge in [-0.15, -0.1) is 0 Å². The van der Waals surface area contributed by atoms with E-state index < -0.39 is 16.1 Å². The predicted octanol–water partition coefficient (Wildman–Crippen LogP) is 8.23. The van der Waals surface area contributed by atoms with Crippen molar-refractivity contribution in [1.82, 2.24) is 10.0 Å². The average Bonchev–Trinajstić information content (AvgIpc) is 3.23. The molecule has 0 radical (unpaired) electrons. The first-order chi connectivity index (χ1) is 29.1. The van der Waals surface area contributed by atoms with E-state index in [9.17, 15) is 9.59 Å². The number of carbonyl (C=O) groups excluding carboxylic acids is 2. The van der Waals surface area contributed by atoms with Crippen molar-refractivity contribution < 1.29 is 28.5 Å². The van der Waals surface area contributed by atoms with Gasteiger partial charge in [0.15, 0.2) is 11.7 Å². The Labute approximate surface area is 373 Å². The van der Waals surface area contributed by atoms with Crippen LogP contribution in [0, 0.1) is 0 Å². The number of amides is 2. The Hall–Kier alpha value is -3.65. The minimum Gasteiger partial charge on any atom is -0.483 e. The van der Waals surface area contributed by atoms with E-state index in [1.165, 1.54) is 54.2 Å². The maximum absolute atomic E-state index is 13.1. The molecule has 0 aliphatic carbocycles. The molecule has 2 amide bonds. The number of rotatable bonds is 12. The lowest BCUT2D eigenvalue weighted by molar-refractivity contribution is -0.139. The Morgan fingerprint density at radius 1 is 0.639 bits per heavy atom. The summed E-state index contributed by atoms with van der Waals surface area (Å²) < 4.78 is 24.6. The number of amidine groups is 2. The number of ether oxygens (including phenoxy) is 4. The van der Waals surface area contributed by atoms with Gasteiger partial charge in [0.1, 0.15) is 50.3 Å². The minimum absolute atomic E-state index is 0.0389. The number of halogens is 1. The molecular formula is C44H67BrN8O6Si2. The number of benzene rings is 2. The summed E-state index contributed by atoms with van der Waals surface area (Å²) in [6.07, 6.45) is 7.45. The monoisotopic (exact) mass is 938 g/mol. The maximum Gasteiger partial charge on any atom is 0.267 e. The van der Waals surface area contributed by atoms with Crippen LogP contribution >= 0.6 is 15.9 Å². The van der Waals surface area contributed by atoms with Gasteiger partial charge in [0.05, 0.1) is 17.1 Å². The molecule has 0 aromatic heterocycles. The zero-order chi connectivity index (χ0) is 43.5. The summed E-state index contributed by atoms with van der Waals surface area (Å²) in [6, 6.07) is 11.9. The highest BCUT2D eigenvalue weighted by atomic mass is 79.9. The fourth-order valence-corrected chi connectivity index (χ4v) is 10.5. The van der Waals surface area contributed by atoms with Crippen LogP contribution in [0.1, 0.15) is 52.4 Å². The van der Waals surface area contributed by atoms with Crippen LogP contribution in [0.3, 0.4) is 0 Å². The minimum atomic E-state index is -1.17. The third-order valence-corrected chi connectivity index (χ3v) is 16.1. The fraction of sp³-hybridized carbons (Fsp3) is 0.636. The summed E-state index contributed by atoms with van der Waals surface area (Å²) in [5.74, 6) is 3.02. The number of hydrazone groups is 2. The molecule has 2 aromatic rings. The Balaban J connectivity index is 0.000000184. The molecule has 14 nitrogen and oxygen atoms in total. The molecule has 2 aromatic carbocycles. The van der Waals surface area contributed by atoms with Gasteiger partial charge in [0, 0.05) is 65.7 Å². The summed E-state index contributed by atoms with van der Waals surface area (Å²) in [4.78, 5) is 35.0. The highest BCUT2D eigenvalue weighted by molar-refractivity contribution is 9.10. The van der Waals surface area contributed by atoms with Crippen molar-refractivity contribution >= 4 is 78.3 Å². The van der Waals surface area contributed by atoms with Crippen LogP contribution < -0.4 is 29.1 Å². The summed E-state index contributed by atoms with van der Waals surface area (Å²) in [5, 5.41) is 12.1. The number of carbonyl (C=O) groups is 2. The van der Waals surface area contributed by atoms with Crippen LogP contribution in [0.5, 0.6) is 11.5 Å². The Morgan fingerprint density at radius 3 is 1.62 bits per heavy atom. The highest BCUT2D eigenvalue weighted by Gasteiger charge is 2.41. The van der Waals surface area contributed by atoms with Gasteiger partial charge >= 0.3 is 0 Å². The molecule has 0 saturated carbocycles. The normalized spacial score (nSPS) is 21.6. The lowest BCUT2D eigenvalue weighted by Crippen LogP contribution is -2.57. The van der Waals surface area contributed by atoms with Gasteiger partial charge in [0.25, 0.3) is 11.8 Å². The third-order valence-electron chi connectivity index (χ3n) is 12.1.